The van der Waals surface area contributed by atoms with Gasteiger partial charge in [0.25, 0.3) is 0 Å². The third-order valence-electron chi connectivity index (χ3n) is 1.48. The molecule has 0 atom stereocenters. The van der Waals surface area contributed by atoms with Gasteiger partial charge in [-0.3, -0.25) is 4.79 Å². The number of hydrogen-bond acceptors (Lipinski definition) is 4. The first-order valence-corrected chi connectivity index (χ1v) is 3.37. The van der Waals surface area contributed by atoms with Gasteiger partial charge in [-0.25, -0.2) is 4.79 Å². The number of carbonyl (C=O) groups excluding carboxylic acids is 2. The number of ketones is 1. The number of aliphatic hydroxyl groups excluding tert-OH is 1. The number of methoxy groups -OCH3 is 1. The molecule has 4 heteroatoms. The van der Waals surface area contributed by atoms with E-state index in [4.69, 9.17) is 5.11 Å². The molecule has 1 rings (SSSR count). The van der Waals surface area contributed by atoms with Gasteiger partial charge in [-0.2, -0.15) is 0 Å². The minimum atomic E-state index is -0.697. The molecular formula is C8H8O4. The quantitative estimate of drug-likeness (QED) is 0.579. The first-order valence-electron chi connectivity index (χ1n) is 3.37. The Kier molecular flexibility index (Phi) is 2.28. The summed E-state index contributed by atoms with van der Waals surface area (Å²) in [6.07, 6.45) is 2.50. The predicted octanol–water partition coefficient (Wildman–Crippen LogP) is 0.500. The van der Waals surface area contributed by atoms with Gasteiger partial charge in [0.15, 0.2) is 5.78 Å². The van der Waals surface area contributed by atoms with Crippen molar-refractivity contribution in [1.29, 1.82) is 0 Å². The van der Waals surface area contributed by atoms with Gasteiger partial charge in [0, 0.05) is 6.42 Å². The van der Waals surface area contributed by atoms with Crippen molar-refractivity contribution in [2.45, 2.75) is 6.42 Å². The molecule has 12 heavy (non-hydrogen) atoms. The van der Waals surface area contributed by atoms with Crippen molar-refractivity contribution in [3.8, 4) is 0 Å². The summed E-state index contributed by atoms with van der Waals surface area (Å²) >= 11 is 0. The minimum absolute atomic E-state index is 0.0752. The Labute approximate surface area is 69.1 Å². The van der Waals surface area contributed by atoms with Crippen LogP contribution in [-0.2, 0) is 14.3 Å². The van der Waals surface area contributed by atoms with Crippen molar-refractivity contribution >= 4 is 11.8 Å². The maximum atomic E-state index is 10.9. The standard InChI is InChI=1S/C8H8O4/c1-12-8(11)6-4-5(9)2-3-7(6)10/h3-4,10H,2H2,1H3. The van der Waals surface area contributed by atoms with Crippen LogP contribution in [-0.4, -0.2) is 24.0 Å². The van der Waals surface area contributed by atoms with Crippen molar-refractivity contribution in [2.24, 2.45) is 0 Å². The number of esters is 1. The van der Waals surface area contributed by atoms with Crippen LogP contribution in [0.3, 0.4) is 0 Å². The maximum absolute atomic E-state index is 10.9. The molecule has 1 aliphatic carbocycles. The molecule has 64 valence electrons. The molecule has 0 radical (unpaired) electrons. The highest BCUT2D eigenvalue weighted by molar-refractivity contribution is 6.04. The van der Waals surface area contributed by atoms with Gasteiger partial charge in [0.1, 0.15) is 11.3 Å². The third kappa shape index (κ3) is 1.53. The topological polar surface area (TPSA) is 63.6 Å². The lowest BCUT2D eigenvalue weighted by Gasteiger charge is -2.07. The van der Waals surface area contributed by atoms with Crippen LogP contribution in [0.5, 0.6) is 0 Å². The summed E-state index contributed by atoms with van der Waals surface area (Å²) in [5, 5.41) is 9.13. The van der Waals surface area contributed by atoms with Crippen LogP contribution >= 0.6 is 0 Å². The Morgan fingerprint density at radius 1 is 1.67 bits per heavy atom. The van der Waals surface area contributed by atoms with Crippen molar-refractivity contribution in [2.75, 3.05) is 7.11 Å². The van der Waals surface area contributed by atoms with E-state index in [1.807, 2.05) is 0 Å². The average Bonchev–Trinajstić information content (AvgIpc) is 2.08. The number of allylic oxidation sites excluding steroid dienone is 2. The number of carbonyl (C=O) groups is 2. The lowest BCUT2D eigenvalue weighted by molar-refractivity contribution is -0.136. The highest BCUT2D eigenvalue weighted by Gasteiger charge is 2.19. The van der Waals surface area contributed by atoms with Gasteiger partial charge in [0.05, 0.1) is 7.11 Å². The van der Waals surface area contributed by atoms with Crippen LogP contribution in [0.25, 0.3) is 0 Å². The van der Waals surface area contributed by atoms with Gasteiger partial charge in [0.2, 0.25) is 0 Å². The fraction of sp³-hybridized carbons (Fsp3) is 0.250. The average molecular weight is 168 g/mol. The molecule has 1 N–H and O–H groups in total. The normalized spacial score (nSPS) is 16.6. The van der Waals surface area contributed by atoms with Gasteiger partial charge in [-0.15, -0.1) is 0 Å². The molecule has 4 nitrogen and oxygen atoms in total. The van der Waals surface area contributed by atoms with Gasteiger partial charge in [-0.1, -0.05) is 0 Å². The van der Waals surface area contributed by atoms with E-state index < -0.39 is 5.97 Å². The summed E-state index contributed by atoms with van der Waals surface area (Å²) in [6, 6.07) is 0. The monoisotopic (exact) mass is 168 g/mol. The molecule has 0 bridgehead atoms. The number of hydrogen-bond donors (Lipinski definition) is 1. The molecule has 0 aromatic heterocycles. The molecule has 0 heterocycles. The zero-order valence-corrected chi connectivity index (χ0v) is 6.53. The fourth-order valence-electron chi connectivity index (χ4n) is 0.875. The smallest absolute Gasteiger partial charge is 0.341 e. The third-order valence-corrected chi connectivity index (χ3v) is 1.48. The highest BCUT2D eigenvalue weighted by Crippen LogP contribution is 2.14. The molecule has 0 aromatic rings. The number of rotatable bonds is 1. The van der Waals surface area contributed by atoms with Crippen molar-refractivity contribution in [1.82, 2.24) is 0 Å². The van der Waals surface area contributed by atoms with Crippen LogP contribution in [0.4, 0.5) is 0 Å². The molecule has 1 aliphatic rings. The number of ether oxygens (including phenoxy) is 1. The van der Waals surface area contributed by atoms with Gasteiger partial charge in [-0.05, 0) is 12.2 Å². The highest BCUT2D eigenvalue weighted by atomic mass is 16.5. The Morgan fingerprint density at radius 2 is 2.33 bits per heavy atom. The van der Waals surface area contributed by atoms with Crippen LogP contribution in [0, 0.1) is 0 Å². The van der Waals surface area contributed by atoms with Crippen molar-refractivity contribution < 1.29 is 19.4 Å². The first-order chi connectivity index (χ1) is 5.65. The van der Waals surface area contributed by atoms with E-state index in [0.29, 0.717) is 0 Å². The van der Waals surface area contributed by atoms with E-state index in [9.17, 15) is 9.59 Å². The van der Waals surface area contributed by atoms with Crippen molar-refractivity contribution in [3.05, 3.63) is 23.5 Å². The summed E-state index contributed by atoms with van der Waals surface area (Å²) < 4.78 is 4.35. The fourth-order valence-corrected chi connectivity index (χ4v) is 0.875. The lowest BCUT2D eigenvalue weighted by atomic mass is 10.0. The molecule has 0 saturated heterocycles. The molecule has 0 aliphatic heterocycles. The Morgan fingerprint density at radius 3 is 2.92 bits per heavy atom. The predicted molar refractivity (Wildman–Crippen MR) is 40.4 cm³/mol. The van der Waals surface area contributed by atoms with E-state index >= 15 is 0 Å². The van der Waals surface area contributed by atoms with Crippen LogP contribution < -0.4 is 0 Å². The van der Waals surface area contributed by atoms with Crippen LogP contribution in [0.1, 0.15) is 6.42 Å². The van der Waals surface area contributed by atoms with E-state index in [2.05, 4.69) is 4.74 Å². The number of aliphatic hydroxyl groups is 1. The summed E-state index contributed by atoms with van der Waals surface area (Å²) in [7, 11) is 1.19. The lowest BCUT2D eigenvalue weighted by Crippen LogP contribution is -2.12. The van der Waals surface area contributed by atoms with Gasteiger partial charge >= 0.3 is 5.97 Å². The van der Waals surface area contributed by atoms with E-state index in [-0.39, 0.29) is 23.5 Å². The molecule has 0 aromatic carbocycles. The Hall–Kier alpha value is -1.58. The molecule has 0 spiro atoms. The molecule has 0 amide bonds. The first kappa shape index (κ1) is 8.52. The summed E-state index contributed by atoms with van der Waals surface area (Å²) in [4.78, 5) is 21.7. The summed E-state index contributed by atoms with van der Waals surface area (Å²) in [6.45, 7) is 0. The van der Waals surface area contributed by atoms with E-state index in [1.165, 1.54) is 13.2 Å². The SMILES string of the molecule is COC(=O)C1=CC(=O)CC=C1O. The second kappa shape index (κ2) is 3.21. The van der Waals surface area contributed by atoms with Crippen molar-refractivity contribution in [3.63, 3.8) is 0 Å². The zero-order valence-electron chi connectivity index (χ0n) is 6.53. The second-order valence-corrected chi connectivity index (χ2v) is 2.31. The van der Waals surface area contributed by atoms with Crippen LogP contribution in [0.2, 0.25) is 0 Å². The van der Waals surface area contributed by atoms with E-state index in [0.717, 1.165) is 6.08 Å². The largest absolute Gasteiger partial charge is 0.507 e. The zero-order chi connectivity index (χ0) is 9.14. The molecule has 0 saturated carbocycles. The van der Waals surface area contributed by atoms with Crippen LogP contribution in [0.15, 0.2) is 23.5 Å². The molecular weight excluding hydrogens is 160 g/mol. The molecule has 0 unspecified atom stereocenters. The summed E-state index contributed by atoms with van der Waals surface area (Å²) in [5.74, 6) is -1.11. The Balaban J connectivity index is 2.93. The van der Waals surface area contributed by atoms with Gasteiger partial charge < -0.3 is 9.84 Å². The summed E-state index contributed by atoms with van der Waals surface area (Å²) in [5.41, 5.74) is -0.0752. The minimum Gasteiger partial charge on any atom is -0.507 e. The maximum Gasteiger partial charge on any atom is 0.341 e. The Bertz CT molecular complexity index is 285. The molecule has 0 fully saturated rings. The van der Waals surface area contributed by atoms with E-state index in [1.54, 1.807) is 0 Å². The second-order valence-electron chi connectivity index (χ2n) is 2.31.